The third kappa shape index (κ3) is 3.33. The van der Waals surface area contributed by atoms with Crippen molar-refractivity contribution in [1.29, 1.82) is 0 Å². The largest absolute Gasteiger partial charge is 0.448 e. The van der Waals surface area contributed by atoms with E-state index in [9.17, 15) is 9.18 Å². The van der Waals surface area contributed by atoms with E-state index in [-0.39, 0.29) is 17.1 Å². The molecule has 1 aliphatic carbocycles. The van der Waals surface area contributed by atoms with Gasteiger partial charge in [-0.25, -0.2) is 14.4 Å². The van der Waals surface area contributed by atoms with Crippen LogP contribution in [-0.2, 0) is 7.05 Å². The predicted molar refractivity (Wildman–Crippen MR) is 107 cm³/mol. The van der Waals surface area contributed by atoms with Crippen molar-refractivity contribution in [2.75, 3.05) is 18.5 Å². The molecule has 0 bridgehead atoms. The number of halogens is 1. The summed E-state index contributed by atoms with van der Waals surface area (Å²) in [6.45, 7) is 2.00. The Labute approximate surface area is 167 Å². The van der Waals surface area contributed by atoms with Gasteiger partial charge in [-0.2, -0.15) is 4.98 Å². The Morgan fingerprint density at radius 1 is 1.17 bits per heavy atom. The normalized spacial score (nSPS) is 21.4. The lowest BCUT2D eigenvalue weighted by atomic mass is 10.0. The molecule has 1 aromatic carbocycles. The second-order valence-electron chi connectivity index (χ2n) is 7.85. The number of aromatic nitrogens is 3. The molecule has 1 N–H and O–H groups in total. The molecule has 2 aliphatic rings. The van der Waals surface area contributed by atoms with E-state index < -0.39 is 5.82 Å². The fraction of sp³-hybridized carbons (Fsp3) is 0.381. The zero-order chi connectivity index (χ0) is 20.0. The molecule has 2 aromatic heterocycles. The molecule has 7 nitrogen and oxygen atoms in total. The fourth-order valence-corrected chi connectivity index (χ4v) is 4.46. The number of anilines is 1. The van der Waals surface area contributed by atoms with E-state index in [0.29, 0.717) is 17.0 Å². The minimum absolute atomic E-state index is 0.00253. The summed E-state index contributed by atoms with van der Waals surface area (Å²) in [6, 6.07) is 7.53. The van der Waals surface area contributed by atoms with Crippen LogP contribution in [-0.4, -0.2) is 32.6 Å². The Kier molecular flexibility index (Phi) is 4.43. The maximum atomic E-state index is 13.9. The maximum Gasteiger partial charge on any atom is 0.294 e. The lowest BCUT2D eigenvalue weighted by molar-refractivity contribution is 0.369. The Hall–Kier alpha value is -3.00. The standard InChI is InChI=1S/C21H22FN5O2/c1-26-19-15(9-18(20(26)28)29-17-8-3-2-7-16(17)22)10-23-21(24-19)25-27-11-13-5-4-6-14(13)12-27/h2-3,7-10,13-14H,4-6,11-12H2,1H3,(H,23,24,25). The fourth-order valence-electron chi connectivity index (χ4n) is 4.46. The van der Waals surface area contributed by atoms with Crippen molar-refractivity contribution in [2.24, 2.45) is 18.9 Å². The number of fused-ring (bicyclic) bond motifs is 2. The van der Waals surface area contributed by atoms with Gasteiger partial charge >= 0.3 is 0 Å². The molecule has 2 atom stereocenters. The number of hydrogen-bond acceptors (Lipinski definition) is 6. The first-order valence-corrected chi connectivity index (χ1v) is 9.89. The molecular formula is C21H22FN5O2. The van der Waals surface area contributed by atoms with Gasteiger partial charge in [0.15, 0.2) is 17.3 Å². The molecule has 2 unspecified atom stereocenters. The number of nitrogens with zero attached hydrogens (tertiary/aromatic N) is 4. The molecule has 3 heterocycles. The number of hydrogen-bond donors (Lipinski definition) is 1. The average Bonchev–Trinajstić information content (AvgIpc) is 3.30. The van der Waals surface area contributed by atoms with Gasteiger partial charge in [-0.15, -0.1) is 0 Å². The van der Waals surface area contributed by atoms with Crippen LogP contribution in [0.3, 0.4) is 0 Å². The summed E-state index contributed by atoms with van der Waals surface area (Å²) in [5.41, 5.74) is 3.39. The summed E-state index contributed by atoms with van der Waals surface area (Å²) >= 11 is 0. The van der Waals surface area contributed by atoms with Crippen molar-refractivity contribution in [2.45, 2.75) is 19.3 Å². The summed E-state index contributed by atoms with van der Waals surface area (Å²) in [4.78, 5) is 21.6. The maximum absolute atomic E-state index is 13.9. The Bertz CT molecular complexity index is 1120. The number of hydrazine groups is 1. The summed E-state index contributed by atoms with van der Waals surface area (Å²) in [6.07, 6.45) is 5.56. The Morgan fingerprint density at radius 3 is 2.69 bits per heavy atom. The van der Waals surface area contributed by atoms with E-state index in [1.54, 1.807) is 31.4 Å². The van der Waals surface area contributed by atoms with E-state index >= 15 is 0 Å². The first-order valence-electron chi connectivity index (χ1n) is 9.89. The van der Waals surface area contributed by atoms with Gasteiger partial charge < -0.3 is 4.74 Å². The van der Waals surface area contributed by atoms with E-state index in [2.05, 4.69) is 20.4 Å². The molecule has 0 radical (unpaired) electrons. The van der Waals surface area contributed by atoms with Crippen LogP contribution in [0.2, 0.25) is 0 Å². The topological polar surface area (TPSA) is 72.3 Å². The van der Waals surface area contributed by atoms with Gasteiger partial charge in [-0.05, 0) is 42.9 Å². The average molecular weight is 395 g/mol. The molecule has 1 saturated heterocycles. The van der Waals surface area contributed by atoms with Crippen molar-refractivity contribution in [3.63, 3.8) is 0 Å². The lowest BCUT2D eigenvalue weighted by Gasteiger charge is -2.18. The predicted octanol–water partition coefficient (Wildman–Crippen LogP) is 3.32. The lowest BCUT2D eigenvalue weighted by Crippen LogP contribution is -2.29. The molecule has 5 rings (SSSR count). The summed E-state index contributed by atoms with van der Waals surface area (Å²) in [5, 5.41) is 2.81. The van der Waals surface area contributed by atoms with E-state index in [4.69, 9.17) is 4.74 Å². The number of nitrogens with one attached hydrogen (secondary N) is 1. The zero-order valence-electron chi connectivity index (χ0n) is 16.1. The highest BCUT2D eigenvalue weighted by Crippen LogP contribution is 2.37. The van der Waals surface area contributed by atoms with Gasteiger partial charge in [0, 0.05) is 31.7 Å². The molecule has 2 fully saturated rings. The third-order valence-electron chi connectivity index (χ3n) is 5.96. The van der Waals surface area contributed by atoms with Crippen molar-refractivity contribution in [1.82, 2.24) is 19.5 Å². The van der Waals surface area contributed by atoms with Crippen molar-refractivity contribution < 1.29 is 9.13 Å². The van der Waals surface area contributed by atoms with Crippen LogP contribution in [0.4, 0.5) is 10.3 Å². The van der Waals surface area contributed by atoms with Crippen LogP contribution in [0.15, 0.2) is 41.3 Å². The van der Waals surface area contributed by atoms with Crippen LogP contribution in [0.25, 0.3) is 11.0 Å². The van der Waals surface area contributed by atoms with Gasteiger partial charge in [0.2, 0.25) is 5.95 Å². The monoisotopic (exact) mass is 395 g/mol. The minimum atomic E-state index is -0.527. The summed E-state index contributed by atoms with van der Waals surface area (Å²) in [7, 11) is 1.62. The molecule has 1 aliphatic heterocycles. The van der Waals surface area contributed by atoms with Crippen LogP contribution in [0.5, 0.6) is 11.5 Å². The second-order valence-corrected chi connectivity index (χ2v) is 7.85. The van der Waals surface area contributed by atoms with Gasteiger partial charge in [-0.1, -0.05) is 18.6 Å². The number of aryl methyl sites for hydroxylation is 1. The SMILES string of the molecule is Cn1c(=O)c(Oc2ccccc2F)cc2cnc(NN3CC4CCCC4C3)nc21. The molecule has 3 aromatic rings. The summed E-state index contributed by atoms with van der Waals surface area (Å²) in [5.74, 6) is 1.48. The Balaban J connectivity index is 1.42. The number of pyridine rings is 1. The Morgan fingerprint density at radius 2 is 1.93 bits per heavy atom. The third-order valence-corrected chi connectivity index (χ3v) is 5.96. The molecule has 1 saturated carbocycles. The van der Waals surface area contributed by atoms with Gasteiger partial charge in [0.25, 0.3) is 5.56 Å². The van der Waals surface area contributed by atoms with Crippen molar-refractivity contribution in [3.05, 3.63) is 52.7 Å². The molecule has 8 heteroatoms. The van der Waals surface area contributed by atoms with Gasteiger partial charge in [-0.3, -0.25) is 14.8 Å². The van der Waals surface area contributed by atoms with E-state index in [1.165, 1.54) is 36.0 Å². The van der Waals surface area contributed by atoms with Crippen molar-refractivity contribution >= 4 is 17.0 Å². The molecule has 150 valence electrons. The second kappa shape index (κ2) is 7.11. The van der Waals surface area contributed by atoms with Crippen LogP contribution in [0.1, 0.15) is 19.3 Å². The van der Waals surface area contributed by atoms with Crippen molar-refractivity contribution in [3.8, 4) is 11.5 Å². The quantitative estimate of drug-likeness (QED) is 0.731. The number of para-hydroxylation sites is 1. The number of benzene rings is 1. The van der Waals surface area contributed by atoms with Crippen LogP contribution < -0.4 is 15.7 Å². The molecular weight excluding hydrogens is 373 g/mol. The number of ether oxygens (including phenoxy) is 1. The molecule has 29 heavy (non-hydrogen) atoms. The minimum Gasteiger partial charge on any atom is -0.448 e. The van der Waals surface area contributed by atoms with Crippen LogP contribution in [0, 0.1) is 17.7 Å². The van der Waals surface area contributed by atoms with Gasteiger partial charge in [0.05, 0.1) is 0 Å². The smallest absolute Gasteiger partial charge is 0.294 e. The molecule has 0 spiro atoms. The van der Waals surface area contributed by atoms with E-state index in [1.807, 2.05) is 0 Å². The number of rotatable bonds is 4. The van der Waals surface area contributed by atoms with Gasteiger partial charge in [0.1, 0.15) is 5.65 Å². The van der Waals surface area contributed by atoms with E-state index in [0.717, 1.165) is 24.9 Å². The summed E-state index contributed by atoms with van der Waals surface area (Å²) < 4.78 is 20.8. The first-order chi connectivity index (χ1) is 14.1. The highest BCUT2D eigenvalue weighted by Gasteiger charge is 2.36. The zero-order valence-corrected chi connectivity index (χ0v) is 16.1. The molecule has 0 amide bonds. The highest BCUT2D eigenvalue weighted by atomic mass is 19.1. The first kappa shape index (κ1) is 18.1. The van der Waals surface area contributed by atoms with Crippen LogP contribution >= 0.6 is 0 Å². The highest BCUT2D eigenvalue weighted by molar-refractivity contribution is 5.76.